The lowest BCUT2D eigenvalue weighted by molar-refractivity contribution is 0.303. The molecule has 0 spiro atoms. The lowest BCUT2D eigenvalue weighted by Crippen LogP contribution is -2.23. The second-order valence-electron chi connectivity index (χ2n) is 6.08. The molecule has 0 saturated carbocycles. The number of pyridine rings is 1. The van der Waals surface area contributed by atoms with Crippen molar-refractivity contribution in [3.63, 3.8) is 0 Å². The predicted molar refractivity (Wildman–Crippen MR) is 100 cm³/mol. The van der Waals surface area contributed by atoms with E-state index in [1.807, 2.05) is 0 Å². The number of ether oxygens (including phenoxy) is 1. The molecule has 3 rings (SSSR count). The number of rotatable bonds is 5. The standard InChI is InChI=1S/C20H16ClF3N2O2/c1-11-7-17(28-10-12-5-6-14(22)8-13(12)9-25)18(21)20(27)26(11)19-15(23)3-2-4-16(19)24/h2-8H,9-10,25H2,1H3. The fourth-order valence-corrected chi connectivity index (χ4v) is 3.04. The van der Waals surface area contributed by atoms with Crippen LogP contribution in [0, 0.1) is 24.4 Å². The fraction of sp³-hybridized carbons (Fsp3) is 0.150. The minimum absolute atomic E-state index is 0.0104. The Morgan fingerprint density at radius 1 is 1.07 bits per heavy atom. The van der Waals surface area contributed by atoms with Crippen LogP contribution in [0.25, 0.3) is 5.69 Å². The molecule has 0 saturated heterocycles. The van der Waals surface area contributed by atoms with Gasteiger partial charge >= 0.3 is 0 Å². The van der Waals surface area contributed by atoms with E-state index in [9.17, 15) is 18.0 Å². The van der Waals surface area contributed by atoms with Crippen LogP contribution in [0.2, 0.25) is 5.02 Å². The lowest BCUT2D eigenvalue weighted by atomic mass is 10.1. The summed E-state index contributed by atoms with van der Waals surface area (Å²) in [7, 11) is 0. The molecule has 4 nitrogen and oxygen atoms in total. The Labute approximate surface area is 163 Å². The maximum atomic E-state index is 14.1. The minimum atomic E-state index is -0.895. The first kappa shape index (κ1) is 20.0. The quantitative estimate of drug-likeness (QED) is 0.686. The number of hydrogen-bond acceptors (Lipinski definition) is 3. The van der Waals surface area contributed by atoms with Gasteiger partial charge in [-0.3, -0.25) is 9.36 Å². The van der Waals surface area contributed by atoms with Crippen LogP contribution < -0.4 is 16.0 Å². The highest BCUT2D eigenvalue weighted by molar-refractivity contribution is 6.31. The number of aryl methyl sites for hydroxylation is 1. The number of para-hydroxylation sites is 1. The molecule has 0 amide bonds. The molecule has 146 valence electrons. The highest BCUT2D eigenvalue weighted by Gasteiger charge is 2.19. The van der Waals surface area contributed by atoms with Crippen LogP contribution >= 0.6 is 11.6 Å². The van der Waals surface area contributed by atoms with Crippen LogP contribution in [-0.4, -0.2) is 4.57 Å². The van der Waals surface area contributed by atoms with E-state index in [1.54, 1.807) is 0 Å². The molecule has 1 heterocycles. The topological polar surface area (TPSA) is 57.2 Å². The molecule has 2 N–H and O–H groups in total. The van der Waals surface area contributed by atoms with E-state index in [2.05, 4.69) is 0 Å². The second-order valence-corrected chi connectivity index (χ2v) is 6.46. The van der Waals surface area contributed by atoms with Gasteiger partial charge in [0.05, 0.1) is 0 Å². The maximum Gasteiger partial charge on any atom is 0.278 e. The molecule has 2 aromatic carbocycles. The summed E-state index contributed by atoms with van der Waals surface area (Å²) in [4.78, 5) is 12.6. The van der Waals surface area contributed by atoms with E-state index in [0.29, 0.717) is 11.1 Å². The zero-order valence-corrected chi connectivity index (χ0v) is 15.6. The number of hydrogen-bond donors (Lipinski definition) is 1. The molecule has 0 atom stereocenters. The van der Waals surface area contributed by atoms with Gasteiger partial charge in [-0.1, -0.05) is 23.7 Å². The Morgan fingerprint density at radius 2 is 1.75 bits per heavy atom. The summed E-state index contributed by atoms with van der Waals surface area (Å²) in [6, 6.07) is 8.78. The molecule has 8 heteroatoms. The Bertz CT molecular complexity index is 1080. The molecule has 0 radical (unpaired) electrons. The Balaban J connectivity index is 1.99. The highest BCUT2D eigenvalue weighted by Crippen LogP contribution is 2.26. The SMILES string of the molecule is Cc1cc(OCc2ccc(F)cc2CN)c(Cl)c(=O)n1-c1c(F)cccc1F. The van der Waals surface area contributed by atoms with Gasteiger partial charge in [0, 0.05) is 18.3 Å². The minimum Gasteiger partial charge on any atom is -0.487 e. The summed E-state index contributed by atoms with van der Waals surface area (Å²) in [6.07, 6.45) is 0. The first-order valence-electron chi connectivity index (χ1n) is 8.30. The number of halogens is 4. The number of benzene rings is 2. The zero-order valence-electron chi connectivity index (χ0n) is 14.8. The largest absolute Gasteiger partial charge is 0.487 e. The average molecular weight is 409 g/mol. The van der Waals surface area contributed by atoms with Gasteiger partial charge in [0.15, 0.2) is 0 Å². The molecular formula is C20H16ClF3N2O2. The van der Waals surface area contributed by atoms with Gasteiger partial charge in [-0.05, 0) is 42.3 Å². The summed E-state index contributed by atoms with van der Waals surface area (Å²) in [5.41, 5.74) is 5.68. The van der Waals surface area contributed by atoms with Crippen LogP contribution in [0.1, 0.15) is 16.8 Å². The number of nitrogens with two attached hydrogens (primary N) is 1. The van der Waals surface area contributed by atoms with Gasteiger partial charge in [0.1, 0.15) is 40.5 Å². The Morgan fingerprint density at radius 3 is 2.39 bits per heavy atom. The van der Waals surface area contributed by atoms with E-state index in [4.69, 9.17) is 22.1 Å². The Hall–Kier alpha value is -2.77. The van der Waals surface area contributed by atoms with Crippen molar-refractivity contribution in [3.05, 3.63) is 92.1 Å². The molecule has 0 aliphatic rings. The molecule has 0 aliphatic carbocycles. The van der Waals surface area contributed by atoms with Crippen molar-refractivity contribution in [2.24, 2.45) is 5.73 Å². The molecule has 28 heavy (non-hydrogen) atoms. The van der Waals surface area contributed by atoms with E-state index >= 15 is 0 Å². The fourth-order valence-electron chi connectivity index (χ4n) is 2.85. The summed E-state index contributed by atoms with van der Waals surface area (Å²) < 4.78 is 48.0. The molecule has 3 aromatic rings. The van der Waals surface area contributed by atoms with Crippen molar-refractivity contribution >= 4 is 11.6 Å². The number of aromatic nitrogens is 1. The van der Waals surface area contributed by atoms with Crippen LogP contribution in [0.4, 0.5) is 13.2 Å². The van der Waals surface area contributed by atoms with E-state index < -0.39 is 28.7 Å². The first-order chi connectivity index (χ1) is 13.3. The van der Waals surface area contributed by atoms with Crippen molar-refractivity contribution in [2.45, 2.75) is 20.1 Å². The molecular weight excluding hydrogens is 393 g/mol. The van der Waals surface area contributed by atoms with Crippen LogP contribution in [0.5, 0.6) is 5.75 Å². The molecule has 0 fully saturated rings. The zero-order chi connectivity index (χ0) is 20.4. The van der Waals surface area contributed by atoms with Crippen molar-refractivity contribution < 1.29 is 17.9 Å². The third-order valence-corrected chi connectivity index (χ3v) is 4.58. The van der Waals surface area contributed by atoms with E-state index in [0.717, 1.165) is 16.7 Å². The summed E-state index contributed by atoms with van der Waals surface area (Å²) in [5, 5.41) is -0.329. The molecule has 1 aromatic heterocycles. The third kappa shape index (κ3) is 3.76. The average Bonchev–Trinajstić information content (AvgIpc) is 2.66. The van der Waals surface area contributed by atoms with Crippen molar-refractivity contribution in [1.82, 2.24) is 4.57 Å². The normalized spacial score (nSPS) is 10.9. The number of nitrogens with zero attached hydrogens (tertiary/aromatic N) is 1. The van der Waals surface area contributed by atoms with Crippen molar-refractivity contribution in [3.8, 4) is 11.4 Å². The molecule has 0 bridgehead atoms. The molecule has 0 unspecified atom stereocenters. The van der Waals surface area contributed by atoms with Crippen molar-refractivity contribution in [1.29, 1.82) is 0 Å². The maximum absolute atomic E-state index is 14.1. The molecule has 0 aliphatic heterocycles. The second kappa shape index (κ2) is 8.08. The van der Waals surface area contributed by atoms with Gasteiger partial charge in [0.2, 0.25) is 0 Å². The van der Waals surface area contributed by atoms with E-state index in [-0.39, 0.29) is 29.6 Å². The van der Waals surface area contributed by atoms with Crippen LogP contribution in [-0.2, 0) is 13.2 Å². The third-order valence-electron chi connectivity index (χ3n) is 4.23. The van der Waals surface area contributed by atoms with Crippen LogP contribution in [0.15, 0.2) is 47.3 Å². The lowest BCUT2D eigenvalue weighted by Gasteiger charge is -2.16. The Kier molecular flexibility index (Phi) is 5.76. The summed E-state index contributed by atoms with van der Waals surface area (Å²) in [6.45, 7) is 1.60. The predicted octanol–water partition coefficient (Wildman–Crippen LogP) is 4.25. The van der Waals surface area contributed by atoms with Crippen LogP contribution in [0.3, 0.4) is 0 Å². The monoisotopic (exact) mass is 408 g/mol. The van der Waals surface area contributed by atoms with Gasteiger partial charge in [0.25, 0.3) is 5.56 Å². The van der Waals surface area contributed by atoms with Gasteiger partial charge in [-0.2, -0.15) is 0 Å². The summed E-state index contributed by atoms with van der Waals surface area (Å²) in [5.74, 6) is -2.17. The van der Waals surface area contributed by atoms with E-state index in [1.165, 1.54) is 37.3 Å². The highest BCUT2D eigenvalue weighted by atomic mass is 35.5. The van der Waals surface area contributed by atoms with Gasteiger partial charge < -0.3 is 10.5 Å². The smallest absolute Gasteiger partial charge is 0.278 e. The first-order valence-corrected chi connectivity index (χ1v) is 8.68. The van der Waals surface area contributed by atoms with Gasteiger partial charge in [-0.15, -0.1) is 0 Å². The summed E-state index contributed by atoms with van der Waals surface area (Å²) >= 11 is 6.10. The van der Waals surface area contributed by atoms with Crippen molar-refractivity contribution in [2.75, 3.05) is 0 Å². The van der Waals surface area contributed by atoms with Gasteiger partial charge in [-0.25, -0.2) is 13.2 Å².